The van der Waals surface area contributed by atoms with Crippen LogP contribution in [-0.2, 0) is 0 Å². The molecule has 0 aromatic carbocycles. The van der Waals surface area contributed by atoms with Gasteiger partial charge in [-0.25, -0.2) is 0 Å². The van der Waals surface area contributed by atoms with E-state index >= 15 is 0 Å². The molecule has 0 bridgehead atoms. The van der Waals surface area contributed by atoms with Crippen LogP contribution >= 0.6 is 0 Å². The molecule has 18 heavy (non-hydrogen) atoms. The topological polar surface area (TPSA) is 36.4 Å². The van der Waals surface area contributed by atoms with E-state index in [9.17, 15) is 0 Å². The van der Waals surface area contributed by atoms with Crippen molar-refractivity contribution in [1.82, 2.24) is 10.6 Å². The van der Waals surface area contributed by atoms with Crippen LogP contribution in [0.4, 0.5) is 0 Å². The van der Waals surface area contributed by atoms with Crippen LogP contribution in [0.1, 0.15) is 58.3 Å². The van der Waals surface area contributed by atoms with Crippen molar-refractivity contribution in [2.45, 2.75) is 70.4 Å². The molecule has 3 aliphatic rings. The Bertz CT molecular complexity index is 303. The van der Waals surface area contributed by atoms with Crippen molar-refractivity contribution >= 4 is 5.96 Å². The fourth-order valence-electron chi connectivity index (χ4n) is 3.35. The van der Waals surface area contributed by atoms with E-state index in [4.69, 9.17) is 0 Å². The van der Waals surface area contributed by atoms with Gasteiger partial charge in [-0.05, 0) is 38.0 Å². The second-order valence-corrected chi connectivity index (χ2v) is 6.29. The maximum atomic E-state index is 4.56. The van der Waals surface area contributed by atoms with Crippen LogP contribution in [0.5, 0.6) is 0 Å². The number of guanidine groups is 1. The Balaban J connectivity index is 1.45. The highest BCUT2D eigenvalue weighted by molar-refractivity contribution is 5.81. The second-order valence-electron chi connectivity index (χ2n) is 6.29. The summed E-state index contributed by atoms with van der Waals surface area (Å²) in [4.78, 5) is 4.56. The minimum absolute atomic E-state index is 0.703. The van der Waals surface area contributed by atoms with Gasteiger partial charge in [0.25, 0.3) is 0 Å². The highest BCUT2D eigenvalue weighted by Gasteiger charge is 2.43. The van der Waals surface area contributed by atoms with E-state index in [1.165, 1.54) is 51.4 Å². The van der Waals surface area contributed by atoms with Crippen molar-refractivity contribution in [3.8, 4) is 0 Å². The molecule has 3 nitrogen and oxygen atoms in total. The first-order chi connectivity index (χ1) is 8.86. The lowest BCUT2D eigenvalue weighted by Gasteiger charge is -2.22. The van der Waals surface area contributed by atoms with Gasteiger partial charge >= 0.3 is 0 Å². The number of rotatable bonds is 4. The molecule has 0 saturated heterocycles. The summed E-state index contributed by atoms with van der Waals surface area (Å²) in [6.07, 6.45) is 11.3. The third kappa shape index (κ3) is 3.18. The van der Waals surface area contributed by atoms with Crippen LogP contribution in [-0.4, -0.2) is 24.6 Å². The fraction of sp³-hybridized carbons (Fsp3) is 0.933. The third-order valence-corrected chi connectivity index (χ3v) is 4.65. The molecule has 2 atom stereocenters. The number of nitrogens with zero attached hydrogens (tertiary/aromatic N) is 1. The Morgan fingerprint density at radius 2 is 1.83 bits per heavy atom. The lowest BCUT2D eigenvalue weighted by molar-refractivity contribution is 0.315. The van der Waals surface area contributed by atoms with E-state index in [0.717, 1.165) is 24.3 Å². The molecule has 0 amide bonds. The highest BCUT2D eigenvalue weighted by atomic mass is 15.2. The van der Waals surface area contributed by atoms with Gasteiger partial charge < -0.3 is 10.6 Å². The van der Waals surface area contributed by atoms with Gasteiger partial charge in [-0.15, -0.1) is 0 Å². The van der Waals surface area contributed by atoms with Crippen molar-refractivity contribution in [2.75, 3.05) is 6.54 Å². The Morgan fingerprint density at radius 3 is 2.50 bits per heavy atom. The Kier molecular flexibility index (Phi) is 3.76. The standard InChI is InChI=1S/C15H27N3/c1-2-16-15(17-12-8-9-12)18-14-10-13(14)11-6-4-3-5-7-11/h11-14H,2-10H2,1H3,(H2,16,17,18). The lowest BCUT2D eigenvalue weighted by atomic mass is 9.85. The first-order valence-corrected chi connectivity index (χ1v) is 7.94. The molecule has 0 heterocycles. The van der Waals surface area contributed by atoms with Gasteiger partial charge in [0.2, 0.25) is 0 Å². The summed E-state index contributed by atoms with van der Waals surface area (Å²) in [5.74, 6) is 3.01. The first-order valence-electron chi connectivity index (χ1n) is 7.94. The summed E-state index contributed by atoms with van der Waals surface area (Å²) in [5.41, 5.74) is 0. The molecular formula is C15H27N3. The van der Waals surface area contributed by atoms with Crippen molar-refractivity contribution in [3.05, 3.63) is 0 Å². The van der Waals surface area contributed by atoms with E-state index in [1.807, 2.05) is 0 Å². The van der Waals surface area contributed by atoms with Crippen LogP contribution in [0.3, 0.4) is 0 Å². The summed E-state index contributed by atoms with van der Waals surface area (Å²) in [5, 5.41) is 7.18. The molecule has 0 spiro atoms. The van der Waals surface area contributed by atoms with Crippen LogP contribution in [0.25, 0.3) is 0 Å². The van der Waals surface area contributed by atoms with Gasteiger partial charge in [-0.1, -0.05) is 32.1 Å². The summed E-state index contributed by atoms with van der Waals surface area (Å²) >= 11 is 0. The van der Waals surface area contributed by atoms with Crippen LogP contribution in [0.2, 0.25) is 0 Å². The van der Waals surface area contributed by atoms with Crippen molar-refractivity contribution in [2.24, 2.45) is 16.8 Å². The molecule has 2 unspecified atom stereocenters. The maximum absolute atomic E-state index is 4.56. The summed E-state index contributed by atoms with van der Waals surface area (Å²) in [6.45, 7) is 2.99. The quantitative estimate of drug-likeness (QED) is 0.593. The monoisotopic (exact) mass is 249 g/mol. The molecule has 0 aromatic rings. The Morgan fingerprint density at radius 1 is 1.06 bits per heavy atom. The Hall–Kier alpha value is -0.730. The zero-order valence-electron chi connectivity index (χ0n) is 11.6. The molecule has 3 rings (SSSR count). The first kappa shape index (κ1) is 12.3. The van der Waals surface area contributed by atoms with Gasteiger partial charge in [0, 0.05) is 18.6 Å². The van der Waals surface area contributed by atoms with Gasteiger partial charge in [-0.3, -0.25) is 4.99 Å². The molecule has 0 aliphatic heterocycles. The maximum Gasteiger partial charge on any atom is 0.191 e. The van der Waals surface area contributed by atoms with E-state index in [-0.39, 0.29) is 0 Å². The molecule has 2 N–H and O–H groups in total. The predicted molar refractivity (Wildman–Crippen MR) is 75.7 cm³/mol. The van der Waals surface area contributed by atoms with Gasteiger partial charge in [0.15, 0.2) is 5.96 Å². The van der Waals surface area contributed by atoms with E-state index in [0.29, 0.717) is 12.1 Å². The molecule has 3 saturated carbocycles. The average Bonchev–Trinajstić information content (AvgIpc) is 3.27. The molecule has 102 valence electrons. The molecule has 0 radical (unpaired) electrons. The molecule has 3 heteroatoms. The van der Waals surface area contributed by atoms with Gasteiger partial charge in [-0.2, -0.15) is 0 Å². The fourth-order valence-corrected chi connectivity index (χ4v) is 3.35. The molecule has 0 aromatic heterocycles. The third-order valence-electron chi connectivity index (χ3n) is 4.65. The number of hydrogen-bond donors (Lipinski definition) is 2. The average molecular weight is 249 g/mol. The van der Waals surface area contributed by atoms with Crippen molar-refractivity contribution < 1.29 is 0 Å². The van der Waals surface area contributed by atoms with E-state index in [1.54, 1.807) is 0 Å². The molecule has 3 aliphatic carbocycles. The molecule has 3 fully saturated rings. The van der Waals surface area contributed by atoms with Crippen molar-refractivity contribution in [1.29, 1.82) is 0 Å². The number of aliphatic imine (C=N–C) groups is 1. The largest absolute Gasteiger partial charge is 0.354 e. The van der Waals surface area contributed by atoms with Crippen molar-refractivity contribution in [3.63, 3.8) is 0 Å². The minimum Gasteiger partial charge on any atom is -0.354 e. The summed E-state index contributed by atoms with van der Waals surface area (Å²) in [6, 6.07) is 1.42. The van der Waals surface area contributed by atoms with E-state index < -0.39 is 0 Å². The van der Waals surface area contributed by atoms with Crippen LogP contribution in [0, 0.1) is 11.8 Å². The zero-order chi connectivity index (χ0) is 12.4. The van der Waals surface area contributed by atoms with Gasteiger partial charge in [0.1, 0.15) is 0 Å². The molecular weight excluding hydrogens is 222 g/mol. The zero-order valence-corrected chi connectivity index (χ0v) is 11.6. The number of hydrogen-bond acceptors (Lipinski definition) is 1. The van der Waals surface area contributed by atoms with E-state index in [2.05, 4.69) is 22.5 Å². The highest BCUT2D eigenvalue weighted by Crippen LogP contribution is 2.44. The Labute approximate surface area is 111 Å². The second kappa shape index (κ2) is 5.50. The summed E-state index contributed by atoms with van der Waals surface area (Å²) < 4.78 is 0. The number of nitrogens with one attached hydrogen (secondary N) is 2. The smallest absolute Gasteiger partial charge is 0.191 e. The summed E-state index contributed by atoms with van der Waals surface area (Å²) in [7, 11) is 0. The lowest BCUT2D eigenvalue weighted by Crippen LogP contribution is -2.40. The SMILES string of the molecule is CCN=C(NC1CC1)NC1CC1C1CCCCC1. The van der Waals surface area contributed by atoms with Crippen LogP contribution < -0.4 is 10.6 Å². The predicted octanol–water partition coefficient (Wildman–Crippen LogP) is 2.67. The van der Waals surface area contributed by atoms with Crippen LogP contribution in [0.15, 0.2) is 4.99 Å². The normalized spacial score (nSPS) is 33.3. The van der Waals surface area contributed by atoms with Gasteiger partial charge in [0.05, 0.1) is 0 Å². The minimum atomic E-state index is 0.703.